The van der Waals surface area contributed by atoms with Gasteiger partial charge in [0.05, 0.1) is 18.8 Å². The number of benzene rings is 1. The van der Waals surface area contributed by atoms with Gasteiger partial charge >= 0.3 is 0 Å². The maximum Gasteiger partial charge on any atom is 0.252 e. The van der Waals surface area contributed by atoms with Crippen LogP contribution >= 0.6 is 11.6 Å². The van der Waals surface area contributed by atoms with Crippen LogP contribution in [0.4, 0.5) is 0 Å². The number of pyridine rings is 1. The van der Waals surface area contributed by atoms with Crippen LogP contribution in [0.3, 0.4) is 0 Å². The summed E-state index contributed by atoms with van der Waals surface area (Å²) in [5.41, 5.74) is 1.60. The van der Waals surface area contributed by atoms with Gasteiger partial charge in [0, 0.05) is 24.0 Å². The van der Waals surface area contributed by atoms with Crippen LogP contribution < -0.4 is 5.32 Å². The number of aromatic nitrogens is 1. The van der Waals surface area contributed by atoms with Crippen LogP contribution in [0.15, 0.2) is 48.8 Å². The second kappa shape index (κ2) is 7.62. The minimum Gasteiger partial charge on any atom is -0.375 e. The number of amides is 1. The van der Waals surface area contributed by atoms with Crippen molar-refractivity contribution in [2.45, 2.75) is 6.61 Å². The molecule has 5 heteroatoms. The van der Waals surface area contributed by atoms with E-state index in [0.29, 0.717) is 30.3 Å². The summed E-state index contributed by atoms with van der Waals surface area (Å²) >= 11 is 5.80. The number of nitrogens with one attached hydrogen (secondary N) is 1. The van der Waals surface area contributed by atoms with E-state index in [9.17, 15) is 4.79 Å². The molecule has 1 aromatic carbocycles. The Hall–Kier alpha value is -1.91. The zero-order chi connectivity index (χ0) is 14.2. The van der Waals surface area contributed by atoms with Crippen molar-refractivity contribution in [2.24, 2.45) is 0 Å². The first-order chi connectivity index (χ1) is 9.75. The molecule has 0 bridgehead atoms. The predicted octanol–water partition coefficient (Wildman–Crippen LogP) is 2.68. The van der Waals surface area contributed by atoms with Gasteiger partial charge in [-0.25, -0.2) is 0 Å². The molecule has 2 aromatic rings. The highest BCUT2D eigenvalue weighted by atomic mass is 35.5. The van der Waals surface area contributed by atoms with Crippen LogP contribution in [0.5, 0.6) is 0 Å². The standard InChI is InChI=1S/C15H15ClN2O2/c16-14-5-3-12(4-6-14)11-20-9-8-18-15(19)13-2-1-7-17-10-13/h1-7,10H,8-9,11H2,(H,18,19). The number of carbonyl (C=O) groups excluding carboxylic acids is 1. The molecule has 4 nitrogen and oxygen atoms in total. The van der Waals surface area contributed by atoms with Gasteiger partial charge in [0.15, 0.2) is 0 Å². The molecule has 20 heavy (non-hydrogen) atoms. The highest BCUT2D eigenvalue weighted by Gasteiger charge is 2.03. The van der Waals surface area contributed by atoms with Crippen LogP contribution in [0.1, 0.15) is 15.9 Å². The van der Waals surface area contributed by atoms with Gasteiger partial charge in [-0.05, 0) is 29.8 Å². The molecule has 0 aliphatic rings. The van der Waals surface area contributed by atoms with E-state index in [1.807, 2.05) is 24.3 Å². The summed E-state index contributed by atoms with van der Waals surface area (Å²) in [4.78, 5) is 15.6. The number of nitrogens with zero attached hydrogens (tertiary/aromatic N) is 1. The zero-order valence-electron chi connectivity index (χ0n) is 10.9. The summed E-state index contributed by atoms with van der Waals surface area (Å²) in [5.74, 6) is -0.145. The van der Waals surface area contributed by atoms with Gasteiger partial charge in [-0.3, -0.25) is 9.78 Å². The molecular formula is C15H15ClN2O2. The van der Waals surface area contributed by atoms with E-state index in [-0.39, 0.29) is 5.91 Å². The lowest BCUT2D eigenvalue weighted by Crippen LogP contribution is -2.27. The Morgan fingerprint density at radius 3 is 2.75 bits per heavy atom. The summed E-state index contributed by atoms with van der Waals surface area (Å²) in [5, 5.41) is 3.48. The molecule has 1 N–H and O–H groups in total. The second-order valence-corrected chi connectivity index (χ2v) is 4.61. The summed E-state index contributed by atoms with van der Waals surface area (Å²) in [6.07, 6.45) is 3.16. The molecule has 104 valence electrons. The first-order valence-corrected chi connectivity index (χ1v) is 6.64. The molecule has 1 aromatic heterocycles. The quantitative estimate of drug-likeness (QED) is 0.832. The smallest absolute Gasteiger partial charge is 0.252 e. The molecule has 0 spiro atoms. The third-order valence-corrected chi connectivity index (χ3v) is 2.89. The molecule has 0 saturated carbocycles. The van der Waals surface area contributed by atoms with E-state index in [1.165, 1.54) is 6.20 Å². The molecule has 0 saturated heterocycles. The molecule has 0 aliphatic heterocycles. The van der Waals surface area contributed by atoms with Crippen molar-refractivity contribution in [3.05, 3.63) is 64.9 Å². The first-order valence-electron chi connectivity index (χ1n) is 6.26. The van der Waals surface area contributed by atoms with Crippen LogP contribution in [0, 0.1) is 0 Å². The highest BCUT2D eigenvalue weighted by Crippen LogP contribution is 2.09. The lowest BCUT2D eigenvalue weighted by Gasteiger charge is -2.06. The van der Waals surface area contributed by atoms with Crippen molar-refractivity contribution < 1.29 is 9.53 Å². The monoisotopic (exact) mass is 290 g/mol. The van der Waals surface area contributed by atoms with Crippen LogP contribution in [0.25, 0.3) is 0 Å². The second-order valence-electron chi connectivity index (χ2n) is 4.18. The Labute approximate surface area is 122 Å². The summed E-state index contributed by atoms with van der Waals surface area (Å²) in [6.45, 7) is 1.41. The third-order valence-electron chi connectivity index (χ3n) is 2.64. The van der Waals surface area contributed by atoms with Gasteiger partial charge in [-0.15, -0.1) is 0 Å². The molecule has 1 heterocycles. The Bertz CT molecular complexity index is 544. The van der Waals surface area contributed by atoms with Crippen LogP contribution in [-0.2, 0) is 11.3 Å². The van der Waals surface area contributed by atoms with Crippen molar-refractivity contribution in [1.29, 1.82) is 0 Å². The van der Waals surface area contributed by atoms with Gasteiger partial charge in [-0.2, -0.15) is 0 Å². The Morgan fingerprint density at radius 2 is 2.05 bits per heavy atom. The fourth-order valence-electron chi connectivity index (χ4n) is 1.61. The topological polar surface area (TPSA) is 51.2 Å². The van der Waals surface area contributed by atoms with E-state index >= 15 is 0 Å². The maximum absolute atomic E-state index is 11.7. The van der Waals surface area contributed by atoms with Gasteiger partial charge < -0.3 is 10.1 Å². The number of ether oxygens (including phenoxy) is 1. The number of carbonyl (C=O) groups is 1. The molecule has 0 fully saturated rings. The van der Waals surface area contributed by atoms with E-state index < -0.39 is 0 Å². The molecule has 1 amide bonds. The Balaban J connectivity index is 1.64. The van der Waals surface area contributed by atoms with Crippen molar-refractivity contribution >= 4 is 17.5 Å². The molecule has 2 rings (SSSR count). The van der Waals surface area contributed by atoms with E-state index in [0.717, 1.165) is 5.56 Å². The zero-order valence-corrected chi connectivity index (χ0v) is 11.6. The lowest BCUT2D eigenvalue weighted by molar-refractivity contribution is 0.0900. The molecule has 0 radical (unpaired) electrons. The van der Waals surface area contributed by atoms with Crippen molar-refractivity contribution in [3.63, 3.8) is 0 Å². The fourth-order valence-corrected chi connectivity index (χ4v) is 1.73. The summed E-state index contributed by atoms with van der Waals surface area (Å²) in [7, 11) is 0. The third kappa shape index (κ3) is 4.64. The Morgan fingerprint density at radius 1 is 1.25 bits per heavy atom. The molecular weight excluding hydrogens is 276 g/mol. The van der Waals surface area contributed by atoms with Gasteiger partial charge in [0.1, 0.15) is 0 Å². The van der Waals surface area contributed by atoms with E-state index in [1.54, 1.807) is 18.3 Å². The van der Waals surface area contributed by atoms with Crippen LogP contribution in [-0.4, -0.2) is 24.0 Å². The van der Waals surface area contributed by atoms with E-state index in [2.05, 4.69) is 10.3 Å². The number of hydrogen-bond donors (Lipinski definition) is 1. The van der Waals surface area contributed by atoms with E-state index in [4.69, 9.17) is 16.3 Å². The van der Waals surface area contributed by atoms with Crippen molar-refractivity contribution in [3.8, 4) is 0 Å². The minimum absolute atomic E-state index is 0.145. The largest absolute Gasteiger partial charge is 0.375 e. The fraction of sp³-hybridized carbons (Fsp3) is 0.200. The predicted molar refractivity (Wildman–Crippen MR) is 77.7 cm³/mol. The SMILES string of the molecule is O=C(NCCOCc1ccc(Cl)cc1)c1cccnc1. The van der Waals surface area contributed by atoms with Gasteiger partial charge in [-0.1, -0.05) is 23.7 Å². The average Bonchev–Trinajstić information content (AvgIpc) is 2.49. The number of rotatable bonds is 6. The number of halogens is 1. The lowest BCUT2D eigenvalue weighted by atomic mass is 10.2. The molecule has 0 aliphatic carbocycles. The summed E-state index contributed by atoms with van der Waals surface area (Å²) in [6, 6.07) is 10.9. The van der Waals surface area contributed by atoms with Gasteiger partial charge in [0.25, 0.3) is 5.91 Å². The average molecular weight is 291 g/mol. The summed E-state index contributed by atoms with van der Waals surface area (Å²) < 4.78 is 5.47. The van der Waals surface area contributed by atoms with Crippen LogP contribution in [0.2, 0.25) is 5.02 Å². The highest BCUT2D eigenvalue weighted by molar-refractivity contribution is 6.30. The maximum atomic E-state index is 11.7. The molecule has 0 unspecified atom stereocenters. The van der Waals surface area contributed by atoms with Crippen molar-refractivity contribution in [1.82, 2.24) is 10.3 Å². The Kier molecular flexibility index (Phi) is 5.53. The number of hydrogen-bond acceptors (Lipinski definition) is 3. The van der Waals surface area contributed by atoms with Crippen molar-refractivity contribution in [2.75, 3.05) is 13.2 Å². The normalized spacial score (nSPS) is 10.2. The van der Waals surface area contributed by atoms with Gasteiger partial charge in [0.2, 0.25) is 0 Å². The minimum atomic E-state index is -0.145. The molecule has 0 atom stereocenters. The first kappa shape index (κ1) is 14.5.